The number of nitrogens with zero attached hydrogens (tertiary/aromatic N) is 3. The van der Waals surface area contributed by atoms with Gasteiger partial charge < -0.3 is 14.2 Å². The minimum Gasteiger partial charge on any atom is -0.497 e. The predicted octanol–water partition coefficient (Wildman–Crippen LogP) is 5.13. The second-order valence-electron chi connectivity index (χ2n) is 8.19. The number of aryl methyl sites for hydroxylation is 1. The fraction of sp³-hybridized carbons (Fsp3) is 0.143. The lowest BCUT2D eigenvalue weighted by atomic mass is 10.1. The zero-order valence-electron chi connectivity index (χ0n) is 20.3. The molecule has 0 aliphatic carbocycles. The smallest absolute Gasteiger partial charge is 0.283 e. The topological polar surface area (TPSA) is 96.6 Å². The Hall–Kier alpha value is -4.37. The molecular formula is C28H24N4O4S. The SMILES string of the molecule is COc1ccc(OCCOc2cccc(/C=C3/C(=N)N4N=C(c5ccccc5C)SC4=NC3=O)c2)cc1. The van der Waals surface area contributed by atoms with Crippen LogP contribution in [0.5, 0.6) is 17.2 Å². The van der Waals surface area contributed by atoms with Gasteiger partial charge in [0, 0.05) is 5.56 Å². The van der Waals surface area contributed by atoms with Gasteiger partial charge in [0.05, 0.1) is 12.7 Å². The van der Waals surface area contributed by atoms with Crippen LogP contribution in [0, 0.1) is 12.3 Å². The number of amides is 1. The third-order valence-electron chi connectivity index (χ3n) is 5.68. The number of ether oxygens (including phenoxy) is 3. The molecule has 2 aliphatic heterocycles. The van der Waals surface area contributed by atoms with E-state index in [1.807, 2.05) is 73.7 Å². The number of hydrazone groups is 1. The van der Waals surface area contributed by atoms with E-state index in [4.69, 9.17) is 19.6 Å². The Labute approximate surface area is 218 Å². The number of hydrogen-bond acceptors (Lipinski definition) is 7. The molecule has 3 aromatic carbocycles. The lowest BCUT2D eigenvalue weighted by Crippen LogP contribution is -2.35. The van der Waals surface area contributed by atoms with E-state index in [9.17, 15) is 4.79 Å². The van der Waals surface area contributed by atoms with E-state index < -0.39 is 5.91 Å². The first-order chi connectivity index (χ1) is 18.0. The number of aliphatic imine (C=N–C) groups is 1. The predicted molar refractivity (Wildman–Crippen MR) is 146 cm³/mol. The minimum atomic E-state index is -0.468. The summed E-state index contributed by atoms with van der Waals surface area (Å²) < 4.78 is 16.7. The van der Waals surface area contributed by atoms with Crippen LogP contribution >= 0.6 is 11.8 Å². The van der Waals surface area contributed by atoms with Gasteiger partial charge in [-0.3, -0.25) is 10.2 Å². The van der Waals surface area contributed by atoms with Crippen LogP contribution in [0.3, 0.4) is 0 Å². The van der Waals surface area contributed by atoms with Gasteiger partial charge in [0.15, 0.2) is 5.84 Å². The third kappa shape index (κ3) is 5.41. The quantitative estimate of drug-likeness (QED) is 0.332. The van der Waals surface area contributed by atoms with Crippen molar-refractivity contribution < 1.29 is 19.0 Å². The van der Waals surface area contributed by atoms with E-state index in [0.717, 1.165) is 28.2 Å². The van der Waals surface area contributed by atoms with Crippen LogP contribution in [0.4, 0.5) is 0 Å². The first-order valence-corrected chi connectivity index (χ1v) is 12.4. The Bertz CT molecular complexity index is 1450. The second kappa shape index (κ2) is 10.7. The molecule has 9 heteroatoms. The van der Waals surface area contributed by atoms with E-state index in [1.165, 1.54) is 16.8 Å². The number of thioether (sulfide) groups is 1. The van der Waals surface area contributed by atoms with Gasteiger partial charge in [-0.25, -0.2) is 0 Å². The Morgan fingerprint density at radius 2 is 1.68 bits per heavy atom. The molecule has 0 saturated carbocycles. The van der Waals surface area contributed by atoms with Crippen LogP contribution in [-0.4, -0.2) is 47.3 Å². The van der Waals surface area contributed by atoms with Crippen molar-refractivity contribution in [3.63, 3.8) is 0 Å². The molecule has 0 unspecified atom stereocenters. The normalized spacial score (nSPS) is 15.8. The summed E-state index contributed by atoms with van der Waals surface area (Å²) in [6, 6.07) is 22.5. The van der Waals surface area contributed by atoms with Crippen LogP contribution in [0.2, 0.25) is 0 Å². The number of rotatable bonds is 8. The summed E-state index contributed by atoms with van der Waals surface area (Å²) in [5.41, 5.74) is 2.90. The minimum absolute atomic E-state index is 0.00898. The zero-order chi connectivity index (χ0) is 25.8. The molecule has 0 spiro atoms. The summed E-state index contributed by atoms with van der Waals surface area (Å²) in [4.78, 5) is 17.0. The highest BCUT2D eigenvalue weighted by atomic mass is 32.2. The van der Waals surface area contributed by atoms with Crippen LogP contribution in [0.15, 0.2) is 88.5 Å². The van der Waals surface area contributed by atoms with Gasteiger partial charge >= 0.3 is 0 Å². The molecule has 0 bridgehead atoms. The highest BCUT2D eigenvalue weighted by Gasteiger charge is 2.36. The van der Waals surface area contributed by atoms with E-state index in [0.29, 0.717) is 29.2 Å². The van der Waals surface area contributed by atoms with Crippen molar-refractivity contribution >= 4 is 39.8 Å². The summed E-state index contributed by atoms with van der Waals surface area (Å²) in [6.45, 7) is 2.71. The number of fused-ring (bicyclic) bond motifs is 1. The standard InChI is InChI=1S/C28H24N4O4S/c1-18-6-3-4-9-23(18)27-31-32-25(29)24(26(33)30-28(32)37-27)17-19-7-5-8-22(16-19)36-15-14-35-21-12-10-20(34-2)11-13-21/h3-13,16-17,29H,14-15H2,1-2H3/b24-17-,29-25?. The molecule has 37 heavy (non-hydrogen) atoms. The third-order valence-corrected chi connectivity index (χ3v) is 6.62. The maximum absolute atomic E-state index is 12.8. The van der Waals surface area contributed by atoms with Crippen LogP contribution < -0.4 is 14.2 Å². The lowest BCUT2D eigenvalue weighted by Gasteiger charge is -2.20. The molecule has 0 aromatic heterocycles. The first kappa shape index (κ1) is 24.3. The molecule has 0 radical (unpaired) electrons. The average molecular weight is 513 g/mol. The summed E-state index contributed by atoms with van der Waals surface area (Å²) in [6.07, 6.45) is 1.64. The van der Waals surface area contributed by atoms with Gasteiger partial charge in [-0.15, -0.1) is 0 Å². The van der Waals surface area contributed by atoms with Crippen LogP contribution in [-0.2, 0) is 4.79 Å². The fourth-order valence-electron chi connectivity index (χ4n) is 3.77. The molecule has 186 valence electrons. The summed E-state index contributed by atoms with van der Waals surface area (Å²) in [5.74, 6) is 1.64. The summed E-state index contributed by atoms with van der Waals surface area (Å²) in [7, 11) is 1.62. The van der Waals surface area contributed by atoms with E-state index in [2.05, 4.69) is 10.1 Å². The number of carbonyl (C=O) groups excluding carboxylic acids is 1. The number of benzene rings is 3. The first-order valence-electron chi connectivity index (χ1n) is 11.6. The van der Waals surface area contributed by atoms with E-state index in [1.54, 1.807) is 19.3 Å². The Balaban J connectivity index is 1.25. The molecule has 1 amide bonds. The maximum Gasteiger partial charge on any atom is 0.283 e. The van der Waals surface area contributed by atoms with Crippen molar-refractivity contribution in [3.8, 4) is 17.2 Å². The highest BCUT2D eigenvalue weighted by Crippen LogP contribution is 2.32. The van der Waals surface area contributed by atoms with Gasteiger partial charge in [-0.2, -0.15) is 15.1 Å². The molecule has 3 aromatic rings. The van der Waals surface area contributed by atoms with Gasteiger partial charge in [0.2, 0.25) is 5.17 Å². The zero-order valence-corrected chi connectivity index (χ0v) is 21.1. The molecule has 8 nitrogen and oxygen atoms in total. The second-order valence-corrected chi connectivity index (χ2v) is 9.14. The van der Waals surface area contributed by atoms with Crippen molar-refractivity contribution in [1.29, 1.82) is 5.41 Å². The largest absolute Gasteiger partial charge is 0.497 e. The Morgan fingerprint density at radius 3 is 2.43 bits per heavy atom. The van der Waals surface area contributed by atoms with Crippen molar-refractivity contribution in [2.24, 2.45) is 10.1 Å². The number of carbonyl (C=O) groups is 1. The van der Waals surface area contributed by atoms with Gasteiger partial charge in [-0.05, 0) is 72.3 Å². The number of nitrogens with one attached hydrogen (secondary N) is 1. The number of amidine groups is 2. The fourth-order valence-corrected chi connectivity index (χ4v) is 4.75. The Kier molecular flexibility index (Phi) is 7.04. The molecule has 0 atom stereocenters. The Morgan fingerprint density at radius 1 is 0.946 bits per heavy atom. The molecule has 0 saturated heterocycles. The highest BCUT2D eigenvalue weighted by molar-refractivity contribution is 8.27. The summed E-state index contributed by atoms with van der Waals surface area (Å²) >= 11 is 1.29. The molecule has 2 heterocycles. The molecular weight excluding hydrogens is 488 g/mol. The molecule has 0 fully saturated rings. The van der Waals surface area contributed by atoms with Crippen LogP contribution in [0.1, 0.15) is 16.7 Å². The van der Waals surface area contributed by atoms with Crippen molar-refractivity contribution in [1.82, 2.24) is 5.01 Å². The molecule has 2 aliphatic rings. The number of methoxy groups -OCH3 is 1. The molecule has 1 N–H and O–H groups in total. The monoisotopic (exact) mass is 512 g/mol. The van der Waals surface area contributed by atoms with Gasteiger partial charge in [0.1, 0.15) is 35.5 Å². The van der Waals surface area contributed by atoms with E-state index >= 15 is 0 Å². The van der Waals surface area contributed by atoms with Crippen molar-refractivity contribution in [3.05, 3.63) is 95.1 Å². The van der Waals surface area contributed by atoms with Gasteiger partial charge in [0.25, 0.3) is 5.91 Å². The maximum atomic E-state index is 12.8. The van der Waals surface area contributed by atoms with Crippen molar-refractivity contribution in [2.45, 2.75) is 6.92 Å². The van der Waals surface area contributed by atoms with Crippen molar-refractivity contribution in [2.75, 3.05) is 20.3 Å². The van der Waals surface area contributed by atoms with Gasteiger partial charge in [-0.1, -0.05) is 36.4 Å². The molecule has 5 rings (SSSR count). The summed E-state index contributed by atoms with van der Waals surface area (Å²) in [5, 5.41) is 15.7. The lowest BCUT2D eigenvalue weighted by molar-refractivity contribution is -0.114. The number of hydrogen-bond donors (Lipinski definition) is 1. The van der Waals surface area contributed by atoms with E-state index in [-0.39, 0.29) is 11.4 Å². The van der Waals surface area contributed by atoms with Crippen LogP contribution in [0.25, 0.3) is 6.08 Å². The average Bonchev–Trinajstić information content (AvgIpc) is 3.34.